The van der Waals surface area contributed by atoms with Gasteiger partial charge in [-0.05, 0) is 41.8 Å². The highest BCUT2D eigenvalue weighted by molar-refractivity contribution is 5.31. The van der Waals surface area contributed by atoms with Crippen LogP contribution in [0.4, 0.5) is 4.39 Å². The summed E-state index contributed by atoms with van der Waals surface area (Å²) in [5, 5.41) is 10.5. The predicted octanol–water partition coefficient (Wildman–Crippen LogP) is 4.58. The van der Waals surface area contributed by atoms with Crippen molar-refractivity contribution < 1.29 is 14.2 Å². The van der Waals surface area contributed by atoms with Crippen molar-refractivity contribution in [1.82, 2.24) is 4.90 Å². The van der Waals surface area contributed by atoms with E-state index in [1.807, 2.05) is 55.5 Å². The van der Waals surface area contributed by atoms with Crippen molar-refractivity contribution >= 4 is 0 Å². The molecule has 3 aromatic rings. The Kier molecular flexibility index (Phi) is 7.18. The maximum absolute atomic E-state index is 13.6. The third-order valence-corrected chi connectivity index (χ3v) is 4.54. The van der Waals surface area contributed by atoms with Gasteiger partial charge in [-0.15, -0.1) is 0 Å². The van der Waals surface area contributed by atoms with Crippen LogP contribution in [0.2, 0.25) is 0 Å². The van der Waals surface area contributed by atoms with Crippen LogP contribution in [0.15, 0.2) is 78.9 Å². The maximum Gasteiger partial charge on any atom is 0.123 e. The molecule has 1 N–H and O–H groups in total. The standard InChI is InChI=1S/C24H26FNO2/c1-19-8-5-6-13-24(19)28-18-23(27)17-26(15-20-9-3-2-4-10-20)16-21-11-7-12-22(25)14-21/h2-14,23,27H,15-18H2,1H3/t23-/m1/s1. The molecule has 146 valence electrons. The van der Waals surface area contributed by atoms with Crippen LogP contribution in [-0.2, 0) is 13.1 Å². The number of hydrogen-bond acceptors (Lipinski definition) is 3. The number of nitrogens with zero attached hydrogens (tertiary/aromatic N) is 1. The van der Waals surface area contributed by atoms with Gasteiger partial charge >= 0.3 is 0 Å². The Morgan fingerprint density at radius 1 is 0.893 bits per heavy atom. The Labute approximate surface area is 166 Å². The molecular weight excluding hydrogens is 353 g/mol. The van der Waals surface area contributed by atoms with Crippen LogP contribution in [0.25, 0.3) is 0 Å². The van der Waals surface area contributed by atoms with Crippen molar-refractivity contribution in [3.63, 3.8) is 0 Å². The lowest BCUT2D eigenvalue weighted by Crippen LogP contribution is -2.35. The van der Waals surface area contributed by atoms with Gasteiger partial charge in [0.1, 0.15) is 24.3 Å². The van der Waals surface area contributed by atoms with Crippen LogP contribution in [0.5, 0.6) is 5.75 Å². The van der Waals surface area contributed by atoms with E-state index >= 15 is 0 Å². The molecule has 3 nitrogen and oxygen atoms in total. The van der Waals surface area contributed by atoms with E-state index in [4.69, 9.17) is 4.74 Å². The third kappa shape index (κ3) is 6.19. The zero-order valence-corrected chi connectivity index (χ0v) is 16.1. The van der Waals surface area contributed by atoms with Gasteiger partial charge in [-0.3, -0.25) is 4.90 Å². The molecular formula is C24H26FNO2. The monoisotopic (exact) mass is 379 g/mol. The molecule has 0 aliphatic heterocycles. The summed E-state index contributed by atoms with van der Waals surface area (Å²) in [6, 6.07) is 24.4. The topological polar surface area (TPSA) is 32.7 Å². The van der Waals surface area contributed by atoms with E-state index in [9.17, 15) is 9.50 Å². The molecule has 0 saturated carbocycles. The number of halogens is 1. The number of hydrogen-bond donors (Lipinski definition) is 1. The number of para-hydroxylation sites is 1. The van der Waals surface area contributed by atoms with Crippen LogP contribution < -0.4 is 4.74 Å². The van der Waals surface area contributed by atoms with Gasteiger partial charge in [0.05, 0.1) is 0 Å². The second-order valence-electron chi connectivity index (χ2n) is 7.02. The van der Waals surface area contributed by atoms with Crippen molar-refractivity contribution in [2.45, 2.75) is 26.1 Å². The molecule has 0 aliphatic rings. The van der Waals surface area contributed by atoms with Crippen LogP contribution >= 0.6 is 0 Å². The molecule has 28 heavy (non-hydrogen) atoms. The first-order valence-corrected chi connectivity index (χ1v) is 9.47. The molecule has 0 heterocycles. The van der Waals surface area contributed by atoms with Gasteiger partial charge < -0.3 is 9.84 Å². The van der Waals surface area contributed by atoms with Gasteiger partial charge in [-0.25, -0.2) is 4.39 Å². The van der Waals surface area contributed by atoms with E-state index in [0.717, 1.165) is 22.4 Å². The minimum atomic E-state index is -0.656. The van der Waals surface area contributed by atoms with E-state index in [1.54, 1.807) is 6.07 Å². The molecule has 0 saturated heterocycles. The second kappa shape index (κ2) is 10.0. The first-order valence-electron chi connectivity index (χ1n) is 9.47. The SMILES string of the molecule is Cc1ccccc1OC[C@H](O)CN(Cc1ccccc1)Cc1cccc(F)c1. The van der Waals surface area contributed by atoms with Crippen molar-refractivity contribution in [2.75, 3.05) is 13.2 Å². The van der Waals surface area contributed by atoms with Gasteiger partial charge in [0.25, 0.3) is 0 Å². The zero-order valence-electron chi connectivity index (χ0n) is 16.1. The van der Waals surface area contributed by atoms with Crippen molar-refractivity contribution in [3.8, 4) is 5.75 Å². The van der Waals surface area contributed by atoms with Crippen LogP contribution in [0.1, 0.15) is 16.7 Å². The minimum absolute atomic E-state index is 0.208. The highest BCUT2D eigenvalue weighted by Crippen LogP contribution is 2.17. The summed E-state index contributed by atoms with van der Waals surface area (Å²) in [4.78, 5) is 2.11. The Balaban J connectivity index is 1.64. The average molecular weight is 379 g/mol. The fourth-order valence-electron chi connectivity index (χ4n) is 3.18. The molecule has 0 spiro atoms. The van der Waals surface area contributed by atoms with Crippen LogP contribution in [0, 0.1) is 12.7 Å². The highest BCUT2D eigenvalue weighted by atomic mass is 19.1. The van der Waals surface area contributed by atoms with Gasteiger partial charge in [0, 0.05) is 19.6 Å². The summed E-state index contributed by atoms with van der Waals surface area (Å²) in [6.45, 7) is 3.83. The van der Waals surface area contributed by atoms with E-state index in [1.165, 1.54) is 12.1 Å². The predicted molar refractivity (Wildman–Crippen MR) is 110 cm³/mol. The molecule has 0 aliphatic carbocycles. The van der Waals surface area contributed by atoms with Crippen LogP contribution in [-0.4, -0.2) is 29.3 Å². The molecule has 4 heteroatoms. The first kappa shape index (κ1) is 20.1. The number of aliphatic hydroxyl groups is 1. The minimum Gasteiger partial charge on any atom is -0.491 e. The lowest BCUT2D eigenvalue weighted by molar-refractivity contribution is 0.0626. The molecule has 3 aromatic carbocycles. The van der Waals surface area contributed by atoms with Gasteiger partial charge in [0.15, 0.2) is 0 Å². The van der Waals surface area contributed by atoms with E-state index < -0.39 is 6.10 Å². The van der Waals surface area contributed by atoms with Gasteiger partial charge in [-0.2, -0.15) is 0 Å². The largest absolute Gasteiger partial charge is 0.491 e. The fourth-order valence-corrected chi connectivity index (χ4v) is 3.18. The van der Waals surface area contributed by atoms with E-state index in [2.05, 4.69) is 17.0 Å². The third-order valence-electron chi connectivity index (χ3n) is 4.54. The number of aryl methyl sites for hydroxylation is 1. The molecule has 3 rings (SSSR count). The van der Waals surface area contributed by atoms with Crippen molar-refractivity contribution in [2.24, 2.45) is 0 Å². The average Bonchev–Trinajstić information content (AvgIpc) is 2.68. The van der Waals surface area contributed by atoms with Gasteiger partial charge in [-0.1, -0.05) is 60.7 Å². The fraction of sp³-hybridized carbons (Fsp3) is 0.250. The molecule has 1 atom stereocenters. The van der Waals surface area contributed by atoms with Crippen molar-refractivity contribution in [1.29, 1.82) is 0 Å². The Bertz CT molecular complexity index is 869. The van der Waals surface area contributed by atoms with E-state index in [-0.39, 0.29) is 12.4 Å². The van der Waals surface area contributed by atoms with Gasteiger partial charge in [0.2, 0.25) is 0 Å². The molecule has 0 unspecified atom stereocenters. The number of rotatable bonds is 9. The molecule has 0 amide bonds. The maximum atomic E-state index is 13.6. The smallest absolute Gasteiger partial charge is 0.123 e. The summed E-state index contributed by atoms with van der Waals surface area (Å²) in [5.41, 5.74) is 3.06. The molecule has 0 radical (unpaired) electrons. The Morgan fingerprint density at radius 2 is 1.57 bits per heavy atom. The zero-order chi connectivity index (χ0) is 19.8. The lowest BCUT2D eigenvalue weighted by atomic mass is 10.1. The molecule has 0 fully saturated rings. The van der Waals surface area contributed by atoms with Crippen molar-refractivity contribution in [3.05, 3.63) is 101 Å². The number of ether oxygens (including phenoxy) is 1. The number of aliphatic hydroxyl groups excluding tert-OH is 1. The second-order valence-corrected chi connectivity index (χ2v) is 7.02. The highest BCUT2D eigenvalue weighted by Gasteiger charge is 2.14. The van der Waals surface area contributed by atoms with Crippen LogP contribution in [0.3, 0.4) is 0 Å². The first-order chi connectivity index (χ1) is 13.6. The quantitative estimate of drug-likeness (QED) is 0.591. The van der Waals surface area contributed by atoms with E-state index in [0.29, 0.717) is 19.6 Å². The summed E-state index contributed by atoms with van der Waals surface area (Å²) in [7, 11) is 0. The summed E-state index contributed by atoms with van der Waals surface area (Å²) in [5.74, 6) is 0.530. The molecule has 0 bridgehead atoms. The summed E-state index contributed by atoms with van der Waals surface area (Å²) < 4.78 is 19.3. The normalized spacial score (nSPS) is 12.1. The number of benzene rings is 3. The lowest BCUT2D eigenvalue weighted by Gasteiger charge is -2.25. The molecule has 0 aromatic heterocycles. The summed E-state index contributed by atoms with van der Waals surface area (Å²) in [6.07, 6.45) is -0.656. The summed E-state index contributed by atoms with van der Waals surface area (Å²) >= 11 is 0. The Morgan fingerprint density at radius 3 is 2.32 bits per heavy atom. The Hall–Kier alpha value is -2.69.